The van der Waals surface area contributed by atoms with E-state index in [9.17, 15) is 4.39 Å². The third-order valence-corrected chi connectivity index (χ3v) is 2.34. The first kappa shape index (κ1) is 12.5. The molecule has 1 aromatic carbocycles. The van der Waals surface area contributed by atoms with Crippen molar-refractivity contribution in [3.63, 3.8) is 0 Å². The third-order valence-electron chi connectivity index (χ3n) is 2.17. The standard InChI is InChI=1S/C11H9ClFN3O2/c1-17-8-4-3-6(13)5-7(8)9-14-10(12)16-11(15-9)18-2/h3-5H,1-2H3. The molecule has 0 unspecified atom stereocenters. The second-order valence-corrected chi connectivity index (χ2v) is 3.60. The molecule has 2 aromatic rings. The largest absolute Gasteiger partial charge is 0.496 e. The minimum absolute atomic E-state index is 0.0387. The number of benzene rings is 1. The molecular weight excluding hydrogens is 261 g/mol. The van der Waals surface area contributed by atoms with Gasteiger partial charge in [-0.05, 0) is 29.8 Å². The summed E-state index contributed by atoms with van der Waals surface area (Å²) in [5.41, 5.74) is 0.375. The second kappa shape index (κ2) is 5.14. The van der Waals surface area contributed by atoms with Crippen molar-refractivity contribution in [2.75, 3.05) is 14.2 Å². The van der Waals surface area contributed by atoms with Crippen LogP contribution < -0.4 is 9.47 Å². The van der Waals surface area contributed by atoms with Gasteiger partial charge in [0.1, 0.15) is 11.6 Å². The molecule has 0 fully saturated rings. The zero-order valence-electron chi connectivity index (χ0n) is 9.65. The summed E-state index contributed by atoms with van der Waals surface area (Å²) < 4.78 is 23.3. The molecule has 0 radical (unpaired) electrons. The molecule has 0 saturated carbocycles. The van der Waals surface area contributed by atoms with Crippen molar-refractivity contribution < 1.29 is 13.9 Å². The van der Waals surface area contributed by atoms with Crippen molar-refractivity contribution in [3.05, 3.63) is 29.3 Å². The van der Waals surface area contributed by atoms with E-state index >= 15 is 0 Å². The van der Waals surface area contributed by atoms with Crippen LogP contribution in [0.4, 0.5) is 4.39 Å². The number of ether oxygens (including phenoxy) is 2. The van der Waals surface area contributed by atoms with Crippen molar-refractivity contribution in [2.45, 2.75) is 0 Å². The van der Waals surface area contributed by atoms with E-state index in [1.54, 1.807) is 0 Å². The van der Waals surface area contributed by atoms with E-state index < -0.39 is 5.82 Å². The van der Waals surface area contributed by atoms with Crippen LogP contribution in [0.25, 0.3) is 11.4 Å². The predicted molar refractivity (Wildman–Crippen MR) is 63.3 cm³/mol. The number of hydrogen-bond acceptors (Lipinski definition) is 5. The Bertz CT molecular complexity index is 580. The Hall–Kier alpha value is -1.95. The highest BCUT2D eigenvalue weighted by Crippen LogP contribution is 2.29. The molecule has 0 amide bonds. The molecule has 0 aliphatic carbocycles. The number of methoxy groups -OCH3 is 2. The summed E-state index contributed by atoms with van der Waals surface area (Å²) in [6, 6.07) is 4.07. The monoisotopic (exact) mass is 269 g/mol. The molecule has 94 valence electrons. The van der Waals surface area contributed by atoms with Crippen LogP contribution in [0.2, 0.25) is 5.28 Å². The highest BCUT2D eigenvalue weighted by Gasteiger charge is 2.13. The summed E-state index contributed by atoms with van der Waals surface area (Å²) in [7, 11) is 2.87. The molecule has 0 bridgehead atoms. The first-order valence-corrected chi connectivity index (χ1v) is 5.31. The van der Waals surface area contributed by atoms with Crippen LogP contribution in [0, 0.1) is 5.82 Å². The molecule has 18 heavy (non-hydrogen) atoms. The van der Waals surface area contributed by atoms with Gasteiger partial charge in [-0.2, -0.15) is 15.0 Å². The zero-order chi connectivity index (χ0) is 13.1. The van der Waals surface area contributed by atoms with Crippen LogP contribution in [-0.2, 0) is 0 Å². The topological polar surface area (TPSA) is 57.1 Å². The van der Waals surface area contributed by atoms with Crippen LogP contribution in [0.1, 0.15) is 0 Å². The fourth-order valence-corrected chi connectivity index (χ4v) is 1.55. The highest BCUT2D eigenvalue weighted by molar-refractivity contribution is 6.28. The maximum absolute atomic E-state index is 13.3. The van der Waals surface area contributed by atoms with Gasteiger partial charge in [0, 0.05) is 0 Å². The quantitative estimate of drug-likeness (QED) is 0.856. The number of hydrogen-bond donors (Lipinski definition) is 0. The molecule has 0 saturated heterocycles. The van der Waals surface area contributed by atoms with E-state index in [1.165, 1.54) is 32.4 Å². The highest BCUT2D eigenvalue weighted by atomic mass is 35.5. The van der Waals surface area contributed by atoms with Crippen LogP contribution in [0.3, 0.4) is 0 Å². The van der Waals surface area contributed by atoms with Gasteiger partial charge < -0.3 is 9.47 Å². The van der Waals surface area contributed by atoms with Crippen LogP contribution in [0.15, 0.2) is 18.2 Å². The van der Waals surface area contributed by atoms with Gasteiger partial charge in [0.15, 0.2) is 5.82 Å². The molecule has 0 N–H and O–H groups in total. The van der Waals surface area contributed by atoms with Gasteiger partial charge in [-0.3, -0.25) is 0 Å². The van der Waals surface area contributed by atoms with Gasteiger partial charge in [-0.1, -0.05) is 0 Å². The molecule has 2 rings (SSSR count). The Morgan fingerprint density at radius 2 is 1.89 bits per heavy atom. The minimum Gasteiger partial charge on any atom is -0.496 e. The van der Waals surface area contributed by atoms with Crippen molar-refractivity contribution >= 4 is 11.6 Å². The molecular formula is C11H9ClFN3O2. The Balaban J connectivity index is 2.60. The zero-order valence-corrected chi connectivity index (χ0v) is 10.4. The number of nitrogens with zero attached hydrogens (tertiary/aromatic N) is 3. The first-order chi connectivity index (χ1) is 8.63. The molecule has 7 heteroatoms. The van der Waals surface area contributed by atoms with E-state index in [-0.39, 0.29) is 17.1 Å². The van der Waals surface area contributed by atoms with Crippen molar-refractivity contribution in [2.24, 2.45) is 0 Å². The van der Waals surface area contributed by atoms with Gasteiger partial charge in [-0.15, -0.1) is 0 Å². The first-order valence-electron chi connectivity index (χ1n) is 4.93. The maximum atomic E-state index is 13.3. The summed E-state index contributed by atoms with van der Waals surface area (Å²) in [6.07, 6.45) is 0. The van der Waals surface area contributed by atoms with Crippen LogP contribution in [-0.4, -0.2) is 29.2 Å². The lowest BCUT2D eigenvalue weighted by molar-refractivity contribution is 0.378. The van der Waals surface area contributed by atoms with Crippen molar-refractivity contribution in [3.8, 4) is 23.1 Å². The lowest BCUT2D eigenvalue weighted by Gasteiger charge is -2.08. The van der Waals surface area contributed by atoms with Gasteiger partial charge in [0.25, 0.3) is 0 Å². The molecule has 1 heterocycles. The molecule has 0 aliphatic heterocycles. The van der Waals surface area contributed by atoms with Gasteiger partial charge in [-0.25, -0.2) is 4.39 Å². The molecule has 0 aliphatic rings. The van der Waals surface area contributed by atoms with Gasteiger partial charge in [0.05, 0.1) is 19.8 Å². The van der Waals surface area contributed by atoms with E-state index in [4.69, 9.17) is 21.1 Å². The normalized spacial score (nSPS) is 10.2. The second-order valence-electron chi connectivity index (χ2n) is 3.26. The van der Waals surface area contributed by atoms with Crippen LogP contribution in [0.5, 0.6) is 11.8 Å². The fourth-order valence-electron chi connectivity index (χ4n) is 1.40. The summed E-state index contributed by atoms with van der Waals surface area (Å²) in [6.45, 7) is 0. The van der Waals surface area contributed by atoms with Crippen LogP contribution >= 0.6 is 11.6 Å². The average molecular weight is 270 g/mol. The summed E-state index contributed by atoms with van der Waals surface area (Å²) in [5.74, 6) is 0.185. The van der Waals surface area contributed by atoms with Crippen molar-refractivity contribution in [1.82, 2.24) is 15.0 Å². The summed E-state index contributed by atoms with van der Waals surface area (Å²) in [5, 5.41) is -0.0387. The molecule has 5 nitrogen and oxygen atoms in total. The molecule has 0 spiro atoms. The smallest absolute Gasteiger partial charge is 0.321 e. The number of halogens is 2. The lowest BCUT2D eigenvalue weighted by atomic mass is 10.2. The Morgan fingerprint density at radius 3 is 2.56 bits per heavy atom. The number of rotatable bonds is 3. The SMILES string of the molecule is COc1nc(Cl)nc(-c2cc(F)ccc2OC)n1. The van der Waals surface area contributed by atoms with E-state index in [0.717, 1.165) is 0 Å². The maximum Gasteiger partial charge on any atom is 0.321 e. The Labute approximate surface area is 108 Å². The van der Waals surface area contributed by atoms with E-state index in [0.29, 0.717) is 11.3 Å². The molecule has 0 atom stereocenters. The third kappa shape index (κ3) is 2.48. The number of aromatic nitrogens is 3. The lowest BCUT2D eigenvalue weighted by Crippen LogP contribution is -1.99. The molecule has 1 aromatic heterocycles. The van der Waals surface area contributed by atoms with Gasteiger partial charge in [0.2, 0.25) is 5.28 Å². The van der Waals surface area contributed by atoms with E-state index in [2.05, 4.69) is 15.0 Å². The van der Waals surface area contributed by atoms with E-state index in [1.807, 2.05) is 0 Å². The van der Waals surface area contributed by atoms with Crippen molar-refractivity contribution in [1.29, 1.82) is 0 Å². The predicted octanol–water partition coefficient (Wildman–Crippen LogP) is 2.35. The Kier molecular flexibility index (Phi) is 3.57. The average Bonchev–Trinajstić information content (AvgIpc) is 2.38. The Morgan fingerprint density at radius 1 is 1.11 bits per heavy atom. The van der Waals surface area contributed by atoms with Gasteiger partial charge >= 0.3 is 6.01 Å². The minimum atomic E-state index is -0.429. The summed E-state index contributed by atoms with van der Waals surface area (Å²) >= 11 is 5.74. The fraction of sp³-hybridized carbons (Fsp3) is 0.182. The summed E-state index contributed by atoms with van der Waals surface area (Å²) in [4.78, 5) is 11.7.